The van der Waals surface area contributed by atoms with Gasteiger partial charge in [-0.2, -0.15) is 0 Å². The first kappa shape index (κ1) is 20.8. The van der Waals surface area contributed by atoms with Crippen molar-refractivity contribution >= 4 is 32.6 Å². The minimum atomic E-state index is -0.168. The number of nitrogens with zero attached hydrogens (tertiary/aromatic N) is 1. The van der Waals surface area contributed by atoms with Gasteiger partial charge < -0.3 is 0 Å². The van der Waals surface area contributed by atoms with E-state index < -0.39 is 0 Å². The molecule has 0 unspecified atom stereocenters. The Bertz CT molecular complexity index is 2050. The molecule has 0 radical (unpaired) electrons. The topological polar surface area (TPSA) is 4.93 Å². The van der Waals surface area contributed by atoms with Gasteiger partial charge in [-0.1, -0.05) is 0 Å². The maximum atomic E-state index is 2.51. The fourth-order valence-corrected chi connectivity index (χ4v) is 11.9. The SMILES string of the molecule is c1ccc2c(c1)[I-]c1cc3cc4c(cc3cc1-2)-c1cc(-n2c3ccccc3c3ccccc32)ccc1[I-]4. The van der Waals surface area contributed by atoms with Crippen molar-refractivity contribution in [2.45, 2.75) is 0 Å². The molecule has 0 N–H and O–H groups in total. The Morgan fingerprint density at radius 3 is 1.68 bits per heavy atom. The van der Waals surface area contributed by atoms with E-state index in [0.29, 0.717) is 0 Å². The number of rotatable bonds is 1. The molecule has 176 valence electrons. The van der Waals surface area contributed by atoms with Crippen molar-refractivity contribution in [3.8, 4) is 27.9 Å². The van der Waals surface area contributed by atoms with Gasteiger partial charge in [0.25, 0.3) is 0 Å². The summed E-state index contributed by atoms with van der Waals surface area (Å²) in [5.74, 6) is 0. The number of para-hydroxylation sites is 2. The molecular formula is C34H19I2N-2. The molecule has 6 aromatic carbocycles. The summed E-state index contributed by atoms with van der Waals surface area (Å²) >= 11 is -0.244. The zero-order valence-electron chi connectivity index (χ0n) is 19.7. The average molecular weight is 695 g/mol. The summed E-state index contributed by atoms with van der Waals surface area (Å²) in [7, 11) is 0. The number of fused-ring (bicyclic) bond motifs is 10. The van der Waals surface area contributed by atoms with Gasteiger partial charge in [0, 0.05) is 0 Å². The van der Waals surface area contributed by atoms with Gasteiger partial charge >= 0.3 is 237 Å². The standard InChI is InChI=1S/C34H19I2N/c1-4-10-29-23(7-1)26-15-20-16-27-28-19-22(13-14-30(28)36-32(27)18-21(20)17-31(26)35-29)37-33-11-5-2-8-24(33)25-9-3-6-12-34(25)37/h1-19H/q-2. The van der Waals surface area contributed by atoms with E-state index in [-0.39, 0.29) is 42.4 Å². The summed E-state index contributed by atoms with van der Waals surface area (Å²) in [5, 5.41) is 5.42. The number of hydrogen-bond acceptors (Lipinski definition) is 0. The normalized spacial score (nSPS) is 13.6. The molecule has 7 aromatic rings. The quantitative estimate of drug-likeness (QED) is 0.233. The van der Waals surface area contributed by atoms with Crippen molar-refractivity contribution in [3.63, 3.8) is 0 Å². The first-order chi connectivity index (χ1) is 18.3. The third kappa shape index (κ3) is 2.95. The second kappa shape index (κ2) is 7.68. The zero-order valence-corrected chi connectivity index (χ0v) is 24.0. The van der Waals surface area contributed by atoms with Crippen LogP contribution in [0.4, 0.5) is 0 Å². The summed E-state index contributed by atoms with van der Waals surface area (Å²) in [6.07, 6.45) is 0. The van der Waals surface area contributed by atoms with Gasteiger partial charge in [-0.25, -0.2) is 0 Å². The molecule has 0 aliphatic carbocycles. The minimum absolute atomic E-state index is 0.0757. The van der Waals surface area contributed by atoms with E-state index in [1.165, 1.54) is 60.5 Å². The second-order valence-electron chi connectivity index (χ2n) is 9.71. The van der Waals surface area contributed by atoms with E-state index in [2.05, 4.69) is 120 Å². The van der Waals surface area contributed by atoms with Crippen LogP contribution in [-0.4, -0.2) is 4.57 Å². The molecule has 0 fully saturated rings. The van der Waals surface area contributed by atoms with Crippen molar-refractivity contribution in [2.24, 2.45) is 0 Å². The number of halogens is 2. The van der Waals surface area contributed by atoms with Crippen LogP contribution in [0.2, 0.25) is 0 Å². The Balaban J connectivity index is 1.25. The Kier molecular flexibility index (Phi) is 4.33. The molecule has 0 amide bonds. The molecule has 0 bridgehead atoms. The molecule has 3 heteroatoms. The zero-order chi connectivity index (χ0) is 24.1. The molecular weight excluding hydrogens is 676 g/mol. The van der Waals surface area contributed by atoms with Gasteiger partial charge in [0.05, 0.1) is 0 Å². The molecule has 0 spiro atoms. The Hall–Kier alpha value is -3.16. The molecule has 1 aromatic heterocycles. The molecule has 2 aliphatic heterocycles. The van der Waals surface area contributed by atoms with E-state index in [1.54, 1.807) is 14.3 Å². The Morgan fingerprint density at radius 2 is 0.946 bits per heavy atom. The average Bonchev–Trinajstić information content (AvgIpc) is 3.59. The first-order valence-corrected chi connectivity index (χ1v) is 16.8. The summed E-state index contributed by atoms with van der Waals surface area (Å²) in [4.78, 5) is 0. The van der Waals surface area contributed by atoms with E-state index >= 15 is 0 Å². The molecule has 9 rings (SSSR count). The summed E-state index contributed by atoms with van der Waals surface area (Å²) in [6, 6.07) is 43.7. The van der Waals surface area contributed by atoms with Crippen molar-refractivity contribution in [1.82, 2.24) is 4.57 Å². The Morgan fingerprint density at radius 1 is 0.405 bits per heavy atom. The van der Waals surface area contributed by atoms with E-state index in [4.69, 9.17) is 0 Å². The van der Waals surface area contributed by atoms with E-state index in [0.717, 1.165) is 0 Å². The fraction of sp³-hybridized carbons (Fsp3) is 0. The van der Waals surface area contributed by atoms with Gasteiger partial charge in [0.2, 0.25) is 0 Å². The molecule has 3 heterocycles. The van der Waals surface area contributed by atoms with Crippen molar-refractivity contribution in [3.05, 3.63) is 130 Å². The van der Waals surface area contributed by atoms with Gasteiger partial charge in [-0.15, -0.1) is 0 Å². The molecule has 0 saturated carbocycles. The molecule has 1 nitrogen and oxygen atoms in total. The maximum absolute atomic E-state index is 2.51. The van der Waals surface area contributed by atoms with Crippen LogP contribution < -0.4 is 42.4 Å². The van der Waals surface area contributed by atoms with Gasteiger partial charge in [0.15, 0.2) is 0 Å². The third-order valence-corrected chi connectivity index (χ3v) is 13.7. The molecule has 0 atom stereocenters. The van der Waals surface area contributed by atoms with Crippen LogP contribution in [0.25, 0.3) is 60.5 Å². The third-order valence-electron chi connectivity index (χ3n) is 7.66. The summed E-state index contributed by atoms with van der Waals surface area (Å²) in [6.45, 7) is 0. The van der Waals surface area contributed by atoms with Crippen molar-refractivity contribution in [2.75, 3.05) is 0 Å². The van der Waals surface area contributed by atoms with Gasteiger partial charge in [-0.3, -0.25) is 0 Å². The second-order valence-corrected chi connectivity index (χ2v) is 15.4. The molecule has 0 saturated heterocycles. The van der Waals surface area contributed by atoms with Crippen LogP contribution >= 0.6 is 0 Å². The number of hydrogen-bond donors (Lipinski definition) is 0. The number of aromatic nitrogens is 1. The fourth-order valence-electron chi connectivity index (χ4n) is 5.99. The predicted molar refractivity (Wildman–Crippen MR) is 144 cm³/mol. The summed E-state index contributed by atoms with van der Waals surface area (Å²) in [5.41, 5.74) is 9.58. The first-order valence-electron chi connectivity index (χ1n) is 12.5. The van der Waals surface area contributed by atoms with Crippen LogP contribution in [0.3, 0.4) is 0 Å². The van der Waals surface area contributed by atoms with Crippen LogP contribution in [0.15, 0.2) is 115 Å². The van der Waals surface area contributed by atoms with Gasteiger partial charge in [0.1, 0.15) is 0 Å². The van der Waals surface area contributed by atoms with Crippen LogP contribution in [-0.2, 0) is 0 Å². The summed E-state index contributed by atoms with van der Waals surface area (Å²) < 4.78 is 8.69. The van der Waals surface area contributed by atoms with E-state index in [9.17, 15) is 0 Å². The van der Waals surface area contributed by atoms with Crippen LogP contribution in [0.5, 0.6) is 0 Å². The van der Waals surface area contributed by atoms with Crippen LogP contribution in [0.1, 0.15) is 0 Å². The predicted octanol–water partition coefficient (Wildman–Crippen LogP) is 2.15. The van der Waals surface area contributed by atoms with Gasteiger partial charge in [-0.05, 0) is 0 Å². The molecule has 2 aliphatic rings. The molecule has 37 heavy (non-hydrogen) atoms. The van der Waals surface area contributed by atoms with Crippen molar-refractivity contribution in [1.29, 1.82) is 0 Å². The Labute approximate surface area is 235 Å². The monoisotopic (exact) mass is 695 g/mol. The van der Waals surface area contributed by atoms with E-state index in [1.807, 2.05) is 0 Å². The van der Waals surface area contributed by atoms with Crippen molar-refractivity contribution < 1.29 is 42.4 Å². The van der Waals surface area contributed by atoms with Crippen LogP contribution in [0, 0.1) is 14.3 Å². The number of benzene rings is 6.